The van der Waals surface area contributed by atoms with E-state index >= 15 is 0 Å². The van der Waals surface area contributed by atoms with Gasteiger partial charge in [-0.25, -0.2) is 4.68 Å². The van der Waals surface area contributed by atoms with Gasteiger partial charge in [-0.15, -0.1) is 15.3 Å². The number of hydrogen-bond donors (Lipinski definition) is 1. The number of para-hydroxylation sites is 2. The Hall–Kier alpha value is -3.20. The van der Waals surface area contributed by atoms with Crippen molar-refractivity contribution in [3.05, 3.63) is 60.4 Å². The lowest BCUT2D eigenvalue weighted by Crippen LogP contribution is -2.10. The maximum Gasteiger partial charge on any atom is 0.313 e. The Labute approximate surface area is 152 Å². The molecule has 2 heterocycles. The molecular formula is C17H14N6O2S. The van der Waals surface area contributed by atoms with Crippen molar-refractivity contribution in [1.82, 2.24) is 29.8 Å². The molecule has 0 saturated carbocycles. The summed E-state index contributed by atoms with van der Waals surface area (Å²) in [6, 6.07) is 17.3. The van der Waals surface area contributed by atoms with Crippen LogP contribution in [0.15, 0.2) is 59.8 Å². The van der Waals surface area contributed by atoms with E-state index in [1.54, 1.807) is 4.68 Å². The normalized spacial score (nSPS) is 11.1. The average molecular weight is 366 g/mol. The maximum atomic E-state index is 10.9. The molecule has 9 heteroatoms. The highest BCUT2D eigenvalue weighted by atomic mass is 32.2. The number of carboxylic acids is 1. The second-order valence-corrected chi connectivity index (χ2v) is 6.43. The van der Waals surface area contributed by atoms with Crippen LogP contribution >= 0.6 is 11.8 Å². The van der Waals surface area contributed by atoms with E-state index in [4.69, 9.17) is 5.11 Å². The fourth-order valence-corrected chi connectivity index (χ4v) is 3.32. The van der Waals surface area contributed by atoms with Crippen LogP contribution in [0, 0.1) is 0 Å². The Morgan fingerprint density at radius 3 is 2.58 bits per heavy atom. The Morgan fingerprint density at radius 1 is 1.00 bits per heavy atom. The minimum absolute atomic E-state index is 0.0861. The van der Waals surface area contributed by atoms with Gasteiger partial charge in [0.1, 0.15) is 12.1 Å². The minimum Gasteiger partial charge on any atom is -0.481 e. The Morgan fingerprint density at radius 2 is 1.77 bits per heavy atom. The lowest BCUT2D eigenvalue weighted by Gasteiger charge is -2.10. The Bertz CT molecular complexity index is 1060. The molecule has 0 aliphatic carbocycles. The number of carboxylic acid groups (broad SMARTS) is 1. The number of rotatable bonds is 6. The zero-order valence-corrected chi connectivity index (χ0v) is 14.4. The van der Waals surface area contributed by atoms with Crippen molar-refractivity contribution in [3.63, 3.8) is 0 Å². The predicted octanol–water partition coefficient (Wildman–Crippen LogP) is 2.24. The van der Waals surface area contributed by atoms with Gasteiger partial charge in [-0.2, -0.15) is 0 Å². The van der Waals surface area contributed by atoms with Crippen molar-refractivity contribution in [1.29, 1.82) is 0 Å². The number of hydrogen-bond acceptors (Lipinski definition) is 6. The van der Waals surface area contributed by atoms with Crippen LogP contribution in [0.25, 0.3) is 16.7 Å². The summed E-state index contributed by atoms with van der Waals surface area (Å²) in [5.41, 5.74) is 2.57. The summed E-state index contributed by atoms with van der Waals surface area (Å²) in [5.74, 6) is -0.335. The first-order valence-electron chi connectivity index (χ1n) is 7.85. The number of benzene rings is 2. The third-order valence-electron chi connectivity index (χ3n) is 3.75. The van der Waals surface area contributed by atoms with Gasteiger partial charge in [-0.1, -0.05) is 47.3 Å². The van der Waals surface area contributed by atoms with Gasteiger partial charge in [-0.05, 0) is 24.3 Å². The zero-order chi connectivity index (χ0) is 17.9. The molecule has 4 rings (SSSR count). The van der Waals surface area contributed by atoms with E-state index in [0.29, 0.717) is 17.5 Å². The van der Waals surface area contributed by atoms with Crippen LogP contribution in [0.4, 0.5) is 0 Å². The molecule has 0 unspecified atom stereocenters. The fourth-order valence-electron chi connectivity index (χ4n) is 2.63. The molecule has 2 aromatic heterocycles. The fraction of sp³-hybridized carbons (Fsp3) is 0.118. The lowest BCUT2D eigenvalue weighted by molar-refractivity contribution is -0.133. The molecule has 0 atom stereocenters. The summed E-state index contributed by atoms with van der Waals surface area (Å²) < 4.78 is 3.61. The minimum atomic E-state index is -0.901. The second-order valence-electron chi connectivity index (χ2n) is 5.49. The van der Waals surface area contributed by atoms with Crippen LogP contribution in [-0.4, -0.2) is 46.6 Å². The molecule has 0 amide bonds. The Balaban J connectivity index is 1.75. The number of nitrogens with zero attached hydrogens (tertiary/aromatic N) is 6. The van der Waals surface area contributed by atoms with Crippen molar-refractivity contribution < 1.29 is 9.90 Å². The molecule has 0 aliphatic rings. The van der Waals surface area contributed by atoms with E-state index in [1.165, 1.54) is 0 Å². The standard InChI is InChI=1S/C17H14N6O2S/c24-16(25)11-26-17-20-19-15(23(17)12-6-2-1-3-7-12)10-22-14-9-5-4-8-13(14)18-21-22/h1-9H,10-11H2,(H,24,25). The first kappa shape index (κ1) is 16.3. The van der Waals surface area contributed by atoms with E-state index in [1.807, 2.05) is 59.2 Å². The topological polar surface area (TPSA) is 98.7 Å². The van der Waals surface area contributed by atoms with Crippen LogP contribution in [0.3, 0.4) is 0 Å². The molecule has 0 fully saturated rings. The average Bonchev–Trinajstić information content (AvgIpc) is 3.25. The van der Waals surface area contributed by atoms with Crippen molar-refractivity contribution in [3.8, 4) is 5.69 Å². The molecule has 4 aromatic rings. The first-order valence-corrected chi connectivity index (χ1v) is 8.83. The van der Waals surface area contributed by atoms with Crippen molar-refractivity contribution in [2.75, 3.05) is 5.75 Å². The van der Waals surface area contributed by atoms with Gasteiger partial charge in [-0.3, -0.25) is 9.36 Å². The van der Waals surface area contributed by atoms with Gasteiger partial charge in [0.15, 0.2) is 11.0 Å². The molecular weight excluding hydrogens is 352 g/mol. The van der Waals surface area contributed by atoms with Gasteiger partial charge < -0.3 is 5.11 Å². The maximum absolute atomic E-state index is 10.9. The quantitative estimate of drug-likeness (QED) is 0.522. The van der Waals surface area contributed by atoms with Crippen LogP contribution in [0.2, 0.25) is 0 Å². The Kier molecular flexibility index (Phi) is 4.36. The first-order chi connectivity index (χ1) is 12.7. The van der Waals surface area contributed by atoms with E-state index in [0.717, 1.165) is 28.5 Å². The second kappa shape index (κ2) is 6.96. The molecule has 130 valence electrons. The molecule has 0 radical (unpaired) electrons. The van der Waals surface area contributed by atoms with Crippen LogP contribution in [0.1, 0.15) is 5.82 Å². The molecule has 0 aliphatic heterocycles. The van der Waals surface area contributed by atoms with Crippen molar-refractivity contribution in [2.45, 2.75) is 11.7 Å². The monoisotopic (exact) mass is 366 g/mol. The van der Waals surface area contributed by atoms with Crippen molar-refractivity contribution >= 4 is 28.8 Å². The van der Waals surface area contributed by atoms with Gasteiger partial charge in [0.2, 0.25) is 0 Å². The third kappa shape index (κ3) is 3.16. The number of thioether (sulfide) groups is 1. The number of fused-ring (bicyclic) bond motifs is 1. The molecule has 1 N–H and O–H groups in total. The van der Waals surface area contributed by atoms with E-state index in [2.05, 4.69) is 20.5 Å². The number of aromatic nitrogens is 6. The highest BCUT2D eigenvalue weighted by Gasteiger charge is 2.17. The van der Waals surface area contributed by atoms with Gasteiger partial charge >= 0.3 is 5.97 Å². The highest BCUT2D eigenvalue weighted by molar-refractivity contribution is 7.99. The summed E-state index contributed by atoms with van der Waals surface area (Å²) >= 11 is 1.13. The SMILES string of the molecule is O=C(O)CSc1nnc(Cn2nnc3ccccc32)n1-c1ccccc1. The summed E-state index contributed by atoms with van der Waals surface area (Å²) in [5, 5.41) is 26.3. The number of carbonyl (C=O) groups is 1. The van der Waals surface area contributed by atoms with E-state index < -0.39 is 5.97 Å². The molecule has 2 aromatic carbocycles. The van der Waals surface area contributed by atoms with E-state index in [9.17, 15) is 4.79 Å². The molecule has 26 heavy (non-hydrogen) atoms. The van der Waals surface area contributed by atoms with Crippen LogP contribution in [0.5, 0.6) is 0 Å². The molecule has 8 nitrogen and oxygen atoms in total. The largest absolute Gasteiger partial charge is 0.481 e. The summed E-state index contributed by atoms with van der Waals surface area (Å²) in [6.07, 6.45) is 0. The van der Waals surface area contributed by atoms with Gasteiger partial charge in [0, 0.05) is 5.69 Å². The predicted molar refractivity (Wildman–Crippen MR) is 96.3 cm³/mol. The lowest BCUT2D eigenvalue weighted by atomic mass is 10.3. The summed E-state index contributed by atoms with van der Waals surface area (Å²) in [7, 11) is 0. The van der Waals surface area contributed by atoms with Crippen LogP contribution in [-0.2, 0) is 11.3 Å². The summed E-state index contributed by atoms with van der Waals surface area (Å²) in [6.45, 7) is 0.371. The van der Waals surface area contributed by atoms with Crippen molar-refractivity contribution in [2.24, 2.45) is 0 Å². The van der Waals surface area contributed by atoms with Gasteiger partial charge in [0.25, 0.3) is 0 Å². The van der Waals surface area contributed by atoms with Gasteiger partial charge in [0.05, 0.1) is 11.3 Å². The molecule has 0 spiro atoms. The van der Waals surface area contributed by atoms with Crippen LogP contribution < -0.4 is 0 Å². The summed E-state index contributed by atoms with van der Waals surface area (Å²) in [4.78, 5) is 10.9. The number of aliphatic carboxylic acids is 1. The highest BCUT2D eigenvalue weighted by Crippen LogP contribution is 2.23. The van der Waals surface area contributed by atoms with E-state index in [-0.39, 0.29) is 5.75 Å². The zero-order valence-electron chi connectivity index (χ0n) is 13.6. The third-order valence-corrected chi connectivity index (χ3v) is 4.66. The molecule has 0 bridgehead atoms. The smallest absolute Gasteiger partial charge is 0.313 e. The molecule has 0 saturated heterocycles.